The van der Waals surface area contributed by atoms with Gasteiger partial charge in [-0.1, -0.05) is 54.3 Å². The summed E-state index contributed by atoms with van der Waals surface area (Å²) in [6.07, 6.45) is 6.48. The van der Waals surface area contributed by atoms with Gasteiger partial charge in [-0.25, -0.2) is 4.98 Å². The number of rotatable bonds is 5. The minimum Gasteiger partial charge on any atom is -0.484 e. The van der Waals surface area contributed by atoms with E-state index in [1.54, 1.807) is 6.07 Å². The number of anilines is 1. The zero-order chi connectivity index (χ0) is 20.9. The number of aromatic nitrogens is 1. The maximum Gasteiger partial charge on any atom is 0.264 e. The number of carbonyl (C=O) groups is 1. The molecule has 1 aliphatic carbocycles. The first-order chi connectivity index (χ1) is 14.6. The number of fused-ring (bicyclic) bond motifs is 1. The molecule has 3 aromatic rings. The van der Waals surface area contributed by atoms with Gasteiger partial charge in [0.25, 0.3) is 5.91 Å². The van der Waals surface area contributed by atoms with E-state index in [1.165, 1.54) is 49.0 Å². The van der Waals surface area contributed by atoms with Crippen LogP contribution in [0.25, 0.3) is 10.2 Å². The molecule has 0 bridgehead atoms. The van der Waals surface area contributed by atoms with Gasteiger partial charge < -0.3 is 10.1 Å². The quantitative estimate of drug-likeness (QED) is 0.466. The monoisotopic (exact) mass is 459 g/mol. The van der Waals surface area contributed by atoms with Crippen LogP contribution in [0.2, 0.25) is 5.02 Å². The molecule has 4 rings (SSSR count). The Morgan fingerprint density at radius 3 is 2.70 bits per heavy atom. The van der Waals surface area contributed by atoms with Gasteiger partial charge in [0.1, 0.15) is 5.75 Å². The van der Waals surface area contributed by atoms with Gasteiger partial charge in [0.05, 0.1) is 10.2 Å². The number of amides is 1. The average molecular weight is 460 g/mol. The summed E-state index contributed by atoms with van der Waals surface area (Å²) in [7, 11) is 0. The van der Waals surface area contributed by atoms with Gasteiger partial charge in [0.2, 0.25) is 0 Å². The Labute approximate surface area is 189 Å². The fourth-order valence-corrected chi connectivity index (χ4v) is 5.09. The van der Waals surface area contributed by atoms with Gasteiger partial charge in [-0.15, -0.1) is 0 Å². The molecule has 0 radical (unpaired) electrons. The largest absolute Gasteiger partial charge is 0.484 e. The van der Waals surface area contributed by atoms with Gasteiger partial charge >= 0.3 is 0 Å². The summed E-state index contributed by atoms with van der Waals surface area (Å²) in [5, 5.41) is 6.97. The summed E-state index contributed by atoms with van der Waals surface area (Å²) in [4.78, 5) is 16.6. The van der Waals surface area contributed by atoms with E-state index in [0.29, 0.717) is 21.8 Å². The Morgan fingerprint density at radius 1 is 1.17 bits per heavy atom. The highest BCUT2D eigenvalue weighted by molar-refractivity contribution is 7.80. The number of hydrogen-bond acceptors (Lipinski definition) is 5. The summed E-state index contributed by atoms with van der Waals surface area (Å²) in [5.41, 5.74) is 2.18. The maximum absolute atomic E-state index is 12.2. The lowest BCUT2D eigenvalue weighted by atomic mass is 9.84. The smallest absolute Gasteiger partial charge is 0.264 e. The minimum atomic E-state index is -0.326. The summed E-state index contributed by atoms with van der Waals surface area (Å²) in [6.45, 7) is -0.111. The van der Waals surface area contributed by atoms with Crippen LogP contribution in [0.15, 0.2) is 42.5 Å². The maximum atomic E-state index is 12.2. The lowest BCUT2D eigenvalue weighted by Gasteiger charge is -2.22. The molecule has 2 aromatic carbocycles. The Balaban J connectivity index is 1.25. The number of thiazole rings is 1. The van der Waals surface area contributed by atoms with Crippen molar-refractivity contribution in [3.63, 3.8) is 0 Å². The molecule has 1 aromatic heterocycles. The molecule has 1 fully saturated rings. The molecule has 0 spiro atoms. The predicted octanol–water partition coefficient (Wildman–Crippen LogP) is 5.89. The fourth-order valence-electron chi connectivity index (χ4n) is 3.66. The van der Waals surface area contributed by atoms with Crippen molar-refractivity contribution in [2.45, 2.75) is 38.0 Å². The Hall–Kier alpha value is -2.22. The molecule has 1 amide bonds. The second-order valence-corrected chi connectivity index (χ2v) is 9.20. The Bertz CT molecular complexity index is 1050. The molecule has 0 saturated heterocycles. The molecule has 1 saturated carbocycles. The number of carbonyl (C=O) groups excluding carboxylic acids is 1. The van der Waals surface area contributed by atoms with Crippen molar-refractivity contribution in [2.24, 2.45) is 0 Å². The van der Waals surface area contributed by atoms with E-state index in [-0.39, 0.29) is 17.6 Å². The number of halogens is 1. The molecule has 8 heteroatoms. The molecular formula is C22H22ClN3O2S2. The summed E-state index contributed by atoms with van der Waals surface area (Å²) in [5.74, 6) is 0.998. The number of benzene rings is 2. The Morgan fingerprint density at radius 2 is 1.93 bits per heavy atom. The third-order valence-electron chi connectivity index (χ3n) is 5.15. The van der Waals surface area contributed by atoms with Crippen LogP contribution in [0.5, 0.6) is 5.75 Å². The lowest BCUT2D eigenvalue weighted by molar-refractivity contribution is -0.121. The topological polar surface area (TPSA) is 63.2 Å². The van der Waals surface area contributed by atoms with Crippen molar-refractivity contribution < 1.29 is 9.53 Å². The van der Waals surface area contributed by atoms with Crippen molar-refractivity contribution in [2.75, 3.05) is 11.9 Å². The first-order valence-electron chi connectivity index (χ1n) is 9.96. The summed E-state index contributed by atoms with van der Waals surface area (Å²) < 4.78 is 6.54. The molecule has 0 atom stereocenters. The first kappa shape index (κ1) is 21.0. The van der Waals surface area contributed by atoms with Crippen LogP contribution in [0.1, 0.15) is 43.6 Å². The van der Waals surface area contributed by atoms with E-state index in [2.05, 4.69) is 27.8 Å². The molecule has 156 valence electrons. The molecule has 0 aliphatic heterocycles. The molecule has 30 heavy (non-hydrogen) atoms. The van der Waals surface area contributed by atoms with Gasteiger partial charge in [-0.05, 0) is 66.9 Å². The number of nitrogens with one attached hydrogen (secondary N) is 2. The van der Waals surface area contributed by atoms with E-state index in [0.717, 1.165) is 10.2 Å². The second-order valence-electron chi connectivity index (χ2n) is 7.33. The van der Waals surface area contributed by atoms with Gasteiger partial charge in [0, 0.05) is 5.02 Å². The van der Waals surface area contributed by atoms with Crippen molar-refractivity contribution in [3.05, 3.63) is 53.1 Å². The molecule has 5 nitrogen and oxygen atoms in total. The van der Waals surface area contributed by atoms with E-state index < -0.39 is 0 Å². The van der Waals surface area contributed by atoms with Gasteiger partial charge in [-0.2, -0.15) is 0 Å². The standard InChI is InChI=1S/C22H22ClN3O2S2/c23-16-8-11-18-19(12-16)30-22(24-18)26-21(29)25-20(27)13-28-17-9-6-15(7-10-17)14-4-2-1-3-5-14/h6-12,14H,1-5,13H2,(H2,24,25,26,27,29). The van der Waals surface area contributed by atoms with Crippen molar-refractivity contribution in [1.82, 2.24) is 10.3 Å². The van der Waals surface area contributed by atoms with Crippen LogP contribution >= 0.6 is 35.2 Å². The lowest BCUT2D eigenvalue weighted by Crippen LogP contribution is -2.37. The molecule has 1 heterocycles. The van der Waals surface area contributed by atoms with Gasteiger partial charge in [-0.3, -0.25) is 10.1 Å². The van der Waals surface area contributed by atoms with Crippen LogP contribution in [0.3, 0.4) is 0 Å². The second kappa shape index (κ2) is 9.73. The summed E-state index contributed by atoms with van der Waals surface area (Å²) in [6, 6.07) is 13.5. The van der Waals surface area contributed by atoms with E-state index in [1.807, 2.05) is 24.3 Å². The molecule has 2 N–H and O–H groups in total. The third kappa shape index (κ3) is 5.47. The molecular weight excluding hydrogens is 438 g/mol. The average Bonchev–Trinajstić information content (AvgIpc) is 3.14. The van der Waals surface area contributed by atoms with Gasteiger partial charge in [0.15, 0.2) is 16.9 Å². The van der Waals surface area contributed by atoms with E-state index >= 15 is 0 Å². The summed E-state index contributed by atoms with van der Waals surface area (Å²) >= 11 is 12.6. The van der Waals surface area contributed by atoms with Crippen LogP contribution in [0.4, 0.5) is 5.13 Å². The zero-order valence-corrected chi connectivity index (χ0v) is 18.7. The van der Waals surface area contributed by atoms with Crippen LogP contribution in [0, 0.1) is 0 Å². The number of nitrogens with zero attached hydrogens (tertiary/aromatic N) is 1. The first-order valence-corrected chi connectivity index (χ1v) is 11.6. The highest BCUT2D eigenvalue weighted by Gasteiger charge is 2.15. The number of ether oxygens (including phenoxy) is 1. The van der Waals surface area contributed by atoms with Crippen LogP contribution in [-0.2, 0) is 4.79 Å². The normalized spacial score (nSPS) is 14.4. The highest BCUT2D eigenvalue weighted by Crippen LogP contribution is 2.33. The van der Waals surface area contributed by atoms with Crippen molar-refractivity contribution in [1.29, 1.82) is 0 Å². The zero-order valence-electron chi connectivity index (χ0n) is 16.3. The van der Waals surface area contributed by atoms with E-state index in [4.69, 9.17) is 28.6 Å². The minimum absolute atomic E-state index is 0.111. The number of thiocarbonyl (C=S) groups is 1. The predicted molar refractivity (Wildman–Crippen MR) is 127 cm³/mol. The fraction of sp³-hybridized carbons (Fsp3) is 0.318. The Kier molecular flexibility index (Phi) is 6.82. The highest BCUT2D eigenvalue weighted by atomic mass is 35.5. The van der Waals surface area contributed by atoms with Crippen molar-refractivity contribution >= 4 is 61.5 Å². The van der Waals surface area contributed by atoms with Crippen molar-refractivity contribution in [3.8, 4) is 5.75 Å². The molecule has 0 unspecified atom stereocenters. The van der Waals surface area contributed by atoms with E-state index in [9.17, 15) is 4.79 Å². The SMILES string of the molecule is O=C(COc1ccc(C2CCCCC2)cc1)NC(=S)Nc1nc2ccc(Cl)cc2s1. The van der Waals surface area contributed by atoms with Crippen LogP contribution < -0.4 is 15.4 Å². The molecule has 1 aliphatic rings. The third-order valence-corrected chi connectivity index (χ3v) is 6.52. The number of hydrogen-bond donors (Lipinski definition) is 2. The van der Waals surface area contributed by atoms with Crippen LogP contribution in [-0.4, -0.2) is 22.6 Å².